The molecular formula is C17H18BrNO3S2. The van der Waals surface area contributed by atoms with Gasteiger partial charge in [-0.3, -0.25) is 0 Å². The predicted octanol–water partition coefficient (Wildman–Crippen LogP) is 4.20. The number of aryl methyl sites for hydroxylation is 1. The lowest BCUT2D eigenvalue weighted by atomic mass is 10.2. The lowest BCUT2D eigenvalue weighted by Crippen LogP contribution is -2.30. The van der Waals surface area contributed by atoms with Crippen LogP contribution < -0.4 is 4.74 Å². The average molecular weight is 428 g/mol. The topological polar surface area (TPSA) is 46.6 Å². The Morgan fingerprint density at radius 1 is 1.25 bits per heavy atom. The molecule has 1 heterocycles. The Kier molecular flexibility index (Phi) is 5.24. The highest BCUT2D eigenvalue weighted by Gasteiger charge is 2.38. The maximum atomic E-state index is 13.1. The SMILES string of the molecule is COc1ccc(Br)cc1[C@H]1SCCN1S(=O)(=O)c1cccc(C)c1. The molecule has 24 heavy (non-hydrogen) atoms. The smallest absolute Gasteiger partial charge is 0.244 e. The van der Waals surface area contributed by atoms with Crippen LogP contribution in [0.1, 0.15) is 16.5 Å². The molecule has 0 N–H and O–H groups in total. The van der Waals surface area contributed by atoms with Crippen molar-refractivity contribution in [2.24, 2.45) is 0 Å². The summed E-state index contributed by atoms with van der Waals surface area (Å²) in [5, 5.41) is -0.289. The first-order chi connectivity index (χ1) is 11.4. The van der Waals surface area contributed by atoms with Gasteiger partial charge in [-0.25, -0.2) is 8.42 Å². The zero-order chi connectivity index (χ0) is 17.3. The van der Waals surface area contributed by atoms with Gasteiger partial charge >= 0.3 is 0 Å². The summed E-state index contributed by atoms with van der Waals surface area (Å²) >= 11 is 5.08. The van der Waals surface area contributed by atoms with E-state index in [0.29, 0.717) is 17.2 Å². The van der Waals surface area contributed by atoms with E-state index >= 15 is 0 Å². The van der Waals surface area contributed by atoms with Gasteiger partial charge in [-0.2, -0.15) is 4.31 Å². The summed E-state index contributed by atoms with van der Waals surface area (Å²) < 4.78 is 34.1. The van der Waals surface area contributed by atoms with Gasteiger partial charge in [-0.15, -0.1) is 11.8 Å². The standard InChI is InChI=1S/C17H18BrNO3S2/c1-12-4-3-5-14(10-12)24(20,21)19-8-9-23-17(19)15-11-13(18)6-7-16(15)22-2/h3-7,10-11,17H,8-9H2,1-2H3/t17-/m1/s1. The van der Waals surface area contributed by atoms with Crippen LogP contribution in [0.5, 0.6) is 5.75 Å². The molecular weight excluding hydrogens is 410 g/mol. The van der Waals surface area contributed by atoms with Crippen LogP contribution in [0.3, 0.4) is 0 Å². The highest BCUT2D eigenvalue weighted by molar-refractivity contribution is 9.10. The van der Waals surface area contributed by atoms with Crippen LogP contribution in [0.15, 0.2) is 51.8 Å². The molecule has 1 aliphatic rings. The highest BCUT2D eigenvalue weighted by atomic mass is 79.9. The van der Waals surface area contributed by atoms with Gasteiger partial charge in [0.05, 0.1) is 17.4 Å². The lowest BCUT2D eigenvalue weighted by molar-refractivity contribution is 0.390. The zero-order valence-electron chi connectivity index (χ0n) is 13.4. The molecule has 0 aliphatic carbocycles. The molecule has 3 rings (SSSR count). The van der Waals surface area contributed by atoms with Crippen LogP contribution in [0.4, 0.5) is 0 Å². The second kappa shape index (κ2) is 7.07. The summed E-state index contributed by atoms with van der Waals surface area (Å²) in [4.78, 5) is 0.337. The second-order valence-electron chi connectivity index (χ2n) is 5.54. The van der Waals surface area contributed by atoms with E-state index in [1.807, 2.05) is 31.2 Å². The van der Waals surface area contributed by atoms with Crippen molar-refractivity contribution in [3.8, 4) is 5.75 Å². The maximum absolute atomic E-state index is 13.1. The first-order valence-electron chi connectivity index (χ1n) is 7.47. The molecule has 1 atom stereocenters. The van der Waals surface area contributed by atoms with Crippen molar-refractivity contribution < 1.29 is 13.2 Å². The van der Waals surface area contributed by atoms with Crippen LogP contribution in [0.2, 0.25) is 0 Å². The van der Waals surface area contributed by atoms with Crippen molar-refractivity contribution in [2.45, 2.75) is 17.2 Å². The van der Waals surface area contributed by atoms with Crippen molar-refractivity contribution in [3.63, 3.8) is 0 Å². The van der Waals surface area contributed by atoms with Gasteiger partial charge in [-0.1, -0.05) is 28.1 Å². The summed E-state index contributed by atoms with van der Waals surface area (Å²) in [6.45, 7) is 2.38. The van der Waals surface area contributed by atoms with Gasteiger partial charge in [0, 0.05) is 22.3 Å². The molecule has 2 aromatic rings. The van der Waals surface area contributed by atoms with E-state index in [1.54, 1.807) is 41.4 Å². The minimum atomic E-state index is -3.55. The van der Waals surface area contributed by atoms with Gasteiger partial charge in [0.25, 0.3) is 0 Å². The first-order valence-corrected chi connectivity index (χ1v) is 10.8. The number of halogens is 1. The summed E-state index contributed by atoms with van der Waals surface area (Å²) in [6.07, 6.45) is 0. The fourth-order valence-electron chi connectivity index (χ4n) is 2.76. The first kappa shape index (κ1) is 17.8. The van der Waals surface area contributed by atoms with E-state index in [1.165, 1.54) is 0 Å². The van der Waals surface area contributed by atoms with Gasteiger partial charge in [0.2, 0.25) is 10.0 Å². The Bertz CT molecular complexity index is 855. The molecule has 0 saturated carbocycles. The van der Waals surface area contributed by atoms with Gasteiger partial charge in [-0.05, 0) is 42.8 Å². The molecule has 0 bridgehead atoms. The third-order valence-corrected chi connectivity index (χ3v) is 7.63. The zero-order valence-corrected chi connectivity index (χ0v) is 16.6. The van der Waals surface area contributed by atoms with E-state index < -0.39 is 10.0 Å². The van der Waals surface area contributed by atoms with Gasteiger partial charge in [0.1, 0.15) is 5.75 Å². The summed E-state index contributed by atoms with van der Waals surface area (Å²) in [5.41, 5.74) is 1.80. The van der Waals surface area contributed by atoms with Crippen LogP contribution in [0, 0.1) is 6.92 Å². The summed E-state index contributed by atoms with van der Waals surface area (Å²) in [6, 6.07) is 12.7. The number of ether oxygens (including phenoxy) is 1. The number of hydrogen-bond donors (Lipinski definition) is 0. The number of rotatable bonds is 4. The fraction of sp³-hybridized carbons (Fsp3) is 0.294. The normalized spacial score (nSPS) is 18.7. The van der Waals surface area contributed by atoms with E-state index in [2.05, 4.69) is 15.9 Å². The minimum absolute atomic E-state index is 0.289. The van der Waals surface area contributed by atoms with Crippen LogP contribution in [-0.4, -0.2) is 32.1 Å². The molecule has 0 amide bonds. The Morgan fingerprint density at radius 3 is 2.75 bits per heavy atom. The molecule has 4 nitrogen and oxygen atoms in total. The number of methoxy groups -OCH3 is 1. The second-order valence-corrected chi connectivity index (χ2v) is 9.54. The van der Waals surface area contributed by atoms with E-state index in [9.17, 15) is 8.42 Å². The van der Waals surface area contributed by atoms with Gasteiger partial charge in [0.15, 0.2) is 0 Å². The van der Waals surface area contributed by atoms with Crippen molar-refractivity contribution in [1.29, 1.82) is 0 Å². The van der Waals surface area contributed by atoms with E-state index in [-0.39, 0.29) is 5.37 Å². The molecule has 2 aromatic carbocycles. The quantitative estimate of drug-likeness (QED) is 0.733. The fourth-order valence-corrected chi connectivity index (χ4v) is 6.49. The molecule has 1 saturated heterocycles. The molecule has 0 spiro atoms. The molecule has 1 fully saturated rings. The third kappa shape index (κ3) is 3.35. The van der Waals surface area contributed by atoms with Crippen LogP contribution in [-0.2, 0) is 10.0 Å². The van der Waals surface area contributed by atoms with Crippen molar-refractivity contribution in [1.82, 2.24) is 4.31 Å². The number of nitrogens with zero attached hydrogens (tertiary/aromatic N) is 1. The van der Waals surface area contributed by atoms with E-state index in [0.717, 1.165) is 21.4 Å². The number of thioether (sulfide) groups is 1. The highest BCUT2D eigenvalue weighted by Crippen LogP contribution is 2.45. The molecule has 0 unspecified atom stereocenters. The number of sulfonamides is 1. The molecule has 0 radical (unpaired) electrons. The Hall–Kier alpha value is -1.02. The molecule has 7 heteroatoms. The molecule has 1 aliphatic heterocycles. The van der Waals surface area contributed by atoms with Gasteiger partial charge < -0.3 is 4.74 Å². The number of benzene rings is 2. The van der Waals surface area contributed by atoms with Crippen molar-refractivity contribution in [2.75, 3.05) is 19.4 Å². The number of hydrogen-bond acceptors (Lipinski definition) is 4. The Morgan fingerprint density at radius 2 is 2.04 bits per heavy atom. The molecule has 128 valence electrons. The largest absolute Gasteiger partial charge is 0.496 e. The van der Waals surface area contributed by atoms with E-state index in [4.69, 9.17) is 4.74 Å². The third-order valence-electron chi connectivity index (χ3n) is 3.90. The van der Waals surface area contributed by atoms with Crippen molar-refractivity contribution >= 4 is 37.7 Å². The maximum Gasteiger partial charge on any atom is 0.244 e. The average Bonchev–Trinajstić information content (AvgIpc) is 3.05. The van der Waals surface area contributed by atoms with Crippen LogP contribution in [0.25, 0.3) is 0 Å². The Balaban J connectivity index is 2.04. The van der Waals surface area contributed by atoms with Crippen molar-refractivity contribution in [3.05, 3.63) is 58.1 Å². The van der Waals surface area contributed by atoms with Crippen LogP contribution >= 0.6 is 27.7 Å². The lowest BCUT2D eigenvalue weighted by Gasteiger charge is -2.25. The monoisotopic (exact) mass is 427 g/mol. The summed E-state index contributed by atoms with van der Waals surface area (Å²) in [7, 11) is -1.95. The minimum Gasteiger partial charge on any atom is -0.496 e. The Labute approximate surface area is 155 Å². The molecule has 0 aromatic heterocycles. The summed E-state index contributed by atoms with van der Waals surface area (Å²) in [5.74, 6) is 1.45. The predicted molar refractivity (Wildman–Crippen MR) is 101 cm³/mol.